The van der Waals surface area contributed by atoms with E-state index in [4.69, 9.17) is 14.2 Å². The van der Waals surface area contributed by atoms with E-state index in [9.17, 15) is 4.79 Å². The lowest BCUT2D eigenvalue weighted by atomic mass is 10.1. The number of benzene rings is 1. The van der Waals surface area contributed by atoms with Crippen molar-refractivity contribution in [3.05, 3.63) is 59.5 Å². The van der Waals surface area contributed by atoms with Crippen LogP contribution in [0.1, 0.15) is 11.1 Å². The van der Waals surface area contributed by atoms with Crippen molar-refractivity contribution in [2.45, 2.75) is 0 Å². The van der Waals surface area contributed by atoms with E-state index >= 15 is 0 Å². The van der Waals surface area contributed by atoms with Crippen LogP contribution in [-0.4, -0.2) is 31.1 Å². The monoisotopic (exact) mass is 310 g/mol. The number of carbonyl (C=O) groups excluding carboxylic acids is 1. The van der Waals surface area contributed by atoms with E-state index in [1.54, 1.807) is 63.0 Å². The summed E-state index contributed by atoms with van der Waals surface area (Å²) in [6.45, 7) is 0. The Bertz CT molecular complexity index is 797. The van der Waals surface area contributed by atoms with Gasteiger partial charge in [-0.3, -0.25) is 4.98 Å². The molecule has 2 heterocycles. The Kier molecular flexibility index (Phi) is 4.05. The van der Waals surface area contributed by atoms with Crippen molar-refractivity contribution in [1.29, 1.82) is 0 Å². The van der Waals surface area contributed by atoms with Gasteiger partial charge in [-0.25, -0.2) is 9.79 Å². The number of aliphatic imine (C=N–C) groups is 1. The summed E-state index contributed by atoms with van der Waals surface area (Å²) in [5.41, 5.74) is 1.51. The highest BCUT2D eigenvalue weighted by molar-refractivity contribution is 6.12. The van der Waals surface area contributed by atoms with Crippen LogP contribution in [0.15, 0.2) is 53.4 Å². The number of hydrogen-bond donors (Lipinski definition) is 0. The average Bonchev–Trinajstić information content (AvgIpc) is 2.96. The summed E-state index contributed by atoms with van der Waals surface area (Å²) in [5, 5.41) is 0. The summed E-state index contributed by atoms with van der Waals surface area (Å²) in [6, 6.07) is 8.82. The molecule has 1 aromatic heterocycles. The Labute approximate surface area is 133 Å². The molecule has 0 amide bonds. The SMILES string of the molecule is COc1ccc(OC)c(/C=C2\N=C(c3cccnc3)OC2=O)c1. The maximum absolute atomic E-state index is 12.0. The highest BCUT2D eigenvalue weighted by atomic mass is 16.6. The largest absolute Gasteiger partial charge is 0.497 e. The molecule has 6 nitrogen and oxygen atoms in total. The van der Waals surface area contributed by atoms with Gasteiger partial charge in [0.15, 0.2) is 5.70 Å². The van der Waals surface area contributed by atoms with Crippen LogP contribution in [0.4, 0.5) is 0 Å². The Morgan fingerprint density at radius 1 is 1.17 bits per heavy atom. The third-order valence-corrected chi connectivity index (χ3v) is 3.26. The number of methoxy groups -OCH3 is 2. The molecule has 0 N–H and O–H groups in total. The zero-order valence-corrected chi connectivity index (χ0v) is 12.6. The zero-order chi connectivity index (χ0) is 16.2. The third-order valence-electron chi connectivity index (χ3n) is 3.26. The highest BCUT2D eigenvalue weighted by Gasteiger charge is 2.24. The number of ether oxygens (including phenoxy) is 3. The average molecular weight is 310 g/mol. The maximum Gasteiger partial charge on any atom is 0.363 e. The van der Waals surface area contributed by atoms with E-state index in [-0.39, 0.29) is 11.6 Å². The fraction of sp³-hybridized carbons (Fsp3) is 0.118. The summed E-state index contributed by atoms with van der Waals surface area (Å²) >= 11 is 0. The molecule has 1 aliphatic rings. The molecule has 0 saturated carbocycles. The molecule has 1 aromatic carbocycles. The van der Waals surface area contributed by atoms with Crippen molar-refractivity contribution in [3.63, 3.8) is 0 Å². The number of hydrogen-bond acceptors (Lipinski definition) is 6. The van der Waals surface area contributed by atoms with E-state index < -0.39 is 5.97 Å². The van der Waals surface area contributed by atoms with Crippen LogP contribution >= 0.6 is 0 Å². The van der Waals surface area contributed by atoms with E-state index in [1.807, 2.05) is 0 Å². The minimum atomic E-state index is -0.520. The molecule has 1 aliphatic heterocycles. The number of carbonyl (C=O) groups is 1. The molecule has 0 bridgehead atoms. The number of rotatable bonds is 4. The minimum Gasteiger partial charge on any atom is -0.497 e. The first-order chi connectivity index (χ1) is 11.2. The zero-order valence-electron chi connectivity index (χ0n) is 12.6. The molecule has 0 saturated heterocycles. The summed E-state index contributed by atoms with van der Waals surface area (Å²) < 4.78 is 15.7. The fourth-order valence-corrected chi connectivity index (χ4v) is 2.12. The summed E-state index contributed by atoms with van der Waals surface area (Å²) in [7, 11) is 3.13. The van der Waals surface area contributed by atoms with Crippen molar-refractivity contribution >= 4 is 17.9 Å². The minimum absolute atomic E-state index is 0.190. The van der Waals surface area contributed by atoms with Gasteiger partial charge in [-0.05, 0) is 36.4 Å². The standard InChI is InChI=1S/C17H14N2O4/c1-21-13-5-6-15(22-2)12(8-13)9-14-17(20)23-16(19-14)11-4-3-7-18-10-11/h3-10H,1-2H3/b14-9-. The second-order valence-corrected chi connectivity index (χ2v) is 4.69. The van der Waals surface area contributed by atoms with Gasteiger partial charge in [-0.2, -0.15) is 0 Å². The summed E-state index contributed by atoms with van der Waals surface area (Å²) in [4.78, 5) is 20.2. The lowest BCUT2D eigenvalue weighted by Gasteiger charge is -2.07. The van der Waals surface area contributed by atoms with Gasteiger partial charge in [0.05, 0.1) is 19.8 Å². The second kappa shape index (κ2) is 6.31. The lowest BCUT2D eigenvalue weighted by Crippen LogP contribution is -2.05. The normalized spacial score (nSPS) is 15.3. The van der Waals surface area contributed by atoms with Gasteiger partial charge >= 0.3 is 5.97 Å². The number of nitrogens with zero attached hydrogens (tertiary/aromatic N) is 2. The molecule has 0 aliphatic carbocycles. The molecule has 3 rings (SSSR count). The Morgan fingerprint density at radius 2 is 2.04 bits per heavy atom. The van der Waals surface area contributed by atoms with E-state index in [0.717, 1.165) is 0 Å². The first kappa shape index (κ1) is 14.8. The Morgan fingerprint density at radius 3 is 2.74 bits per heavy atom. The van der Waals surface area contributed by atoms with Gasteiger partial charge in [-0.15, -0.1) is 0 Å². The lowest BCUT2D eigenvalue weighted by molar-refractivity contribution is -0.129. The molecule has 0 atom stereocenters. The van der Waals surface area contributed by atoms with Crippen LogP contribution in [0.5, 0.6) is 11.5 Å². The van der Waals surface area contributed by atoms with E-state index in [2.05, 4.69) is 9.98 Å². The summed E-state index contributed by atoms with van der Waals surface area (Å²) in [5.74, 6) is 0.974. The number of esters is 1. The molecular formula is C17H14N2O4. The highest BCUT2D eigenvalue weighted by Crippen LogP contribution is 2.28. The van der Waals surface area contributed by atoms with Crippen molar-refractivity contribution in [2.24, 2.45) is 4.99 Å². The van der Waals surface area contributed by atoms with Crippen LogP contribution in [-0.2, 0) is 9.53 Å². The van der Waals surface area contributed by atoms with Crippen LogP contribution in [0, 0.1) is 0 Å². The smallest absolute Gasteiger partial charge is 0.363 e. The van der Waals surface area contributed by atoms with Crippen molar-refractivity contribution in [2.75, 3.05) is 14.2 Å². The summed E-state index contributed by atoms with van der Waals surface area (Å²) in [6.07, 6.45) is 4.83. The molecule has 0 unspecified atom stereocenters. The van der Waals surface area contributed by atoms with Gasteiger partial charge in [0.25, 0.3) is 0 Å². The van der Waals surface area contributed by atoms with Crippen LogP contribution in [0.2, 0.25) is 0 Å². The van der Waals surface area contributed by atoms with Crippen LogP contribution < -0.4 is 9.47 Å². The van der Waals surface area contributed by atoms with Gasteiger partial charge in [-0.1, -0.05) is 0 Å². The van der Waals surface area contributed by atoms with Gasteiger partial charge in [0.1, 0.15) is 11.5 Å². The Balaban J connectivity index is 1.99. The van der Waals surface area contributed by atoms with E-state index in [1.165, 1.54) is 0 Å². The van der Waals surface area contributed by atoms with Crippen molar-refractivity contribution in [3.8, 4) is 11.5 Å². The molecule has 23 heavy (non-hydrogen) atoms. The maximum atomic E-state index is 12.0. The van der Waals surface area contributed by atoms with Gasteiger partial charge in [0, 0.05) is 18.0 Å². The van der Waals surface area contributed by atoms with Crippen molar-refractivity contribution in [1.82, 2.24) is 4.98 Å². The predicted molar refractivity (Wildman–Crippen MR) is 84.4 cm³/mol. The Hall–Kier alpha value is -3.15. The number of pyridine rings is 1. The first-order valence-corrected chi connectivity index (χ1v) is 6.86. The van der Waals surface area contributed by atoms with Crippen LogP contribution in [0.25, 0.3) is 6.08 Å². The quantitative estimate of drug-likeness (QED) is 0.641. The molecule has 6 heteroatoms. The van der Waals surface area contributed by atoms with E-state index in [0.29, 0.717) is 22.6 Å². The molecule has 0 fully saturated rings. The topological polar surface area (TPSA) is 70.0 Å². The first-order valence-electron chi connectivity index (χ1n) is 6.86. The second-order valence-electron chi connectivity index (χ2n) is 4.69. The molecule has 116 valence electrons. The molecule has 0 spiro atoms. The number of aromatic nitrogens is 1. The van der Waals surface area contributed by atoms with Gasteiger partial charge < -0.3 is 14.2 Å². The molecule has 2 aromatic rings. The van der Waals surface area contributed by atoms with Crippen molar-refractivity contribution < 1.29 is 19.0 Å². The molecule has 0 radical (unpaired) electrons. The number of cyclic esters (lactones) is 1. The molecular weight excluding hydrogens is 296 g/mol. The van der Waals surface area contributed by atoms with Crippen LogP contribution in [0.3, 0.4) is 0 Å². The third kappa shape index (κ3) is 3.06. The fourth-order valence-electron chi connectivity index (χ4n) is 2.12. The van der Waals surface area contributed by atoms with Gasteiger partial charge in [0.2, 0.25) is 5.90 Å². The predicted octanol–water partition coefficient (Wildman–Crippen LogP) is 2.44.